The molecular formula is C16H23NO. The molecular weight excluding hydrogens is 222 g/mol. The highest BCUT2D eigenvalue weighted by Gasteiger charge is 2.35. The number of hydrogen-bond acceptors (Lipinski definition) is 2. The molecule has 0 bridgehead atoms. The van der Waals surface area contributed by atoms with Crippen LogP contribution >= 0.6 is 0 Å². The summed E-state index contributed by atoms with van der Waals surface area (Å²) < 4.78 is 5.53. The van der Waals surface area contributed by atoms with Gasteiger partial charge >= 0.3 is 0 Å². The van der Waals surface area contributed by atoms with E-state index in [0.29, 0.717) is 0 Å². The summed E-state index contributed by atoms with van der Waals surface area (Å²) in [6.07, 6.45) is 5.17. The van der Waals surface area contributed by atoms with Gasteiger partial charge in [0.25, 0.3) is 0 Å². The maximum atomic E-state index is 5.53. The van der Waals surface area contributed by atoms with E-state index >= 15 is 0 Å². The number of fused-ring (bicyclic) bond motifs is 2. The highest BCUT2D eigenvalue weighted by Crippen LogP contribution is 2.38. The molecule has 0 aromatic heterocycles. The summed E-state index contributed by atoms with van der Waals surface area (Å²) in [5.41, 5.74) is 2.98. The molecule has 98 valence electrons. The van der Waals surface area contributed by atoms with Crippen LogP contribution in [0, 0.1) is 5.92 Å². The Morgan fingerprint density at radius 3 is 3.00 bits per heavy atom. The molecule has 1 heterocycles. The quantitative estimate of drug-likeness (QED) is 0.794. The maximum Gasteiger partial charge on any atom is 0.122 e. The summed E-state index contributed by atoms with van der Waals surface area (Å²) in [6.45, 7) is 4.78. The highest BCUT2D eigenvalue weighted by molar-refractivity contribution is 5.43. The number of likely N-dealkylation sites (tertiary alicyclic amines) is 1. The first kappa shape index (κ1) is 12.0. The van der Waals surface area contributed by atoms with Crippen molar-refractivity contribution in [1.29, 1.82) is 0 Å². The van der Waals surface area contributed by atoms with Gasteiger partial charge in [-0.25, -0.2) is 0 Å². The molecule has 0 spiro atoms. The number of rotatable bonds is 2. The molecule has 0 N–H and O–H groups in total. The minimum absolute atomic E-state index is 0.767. The fourth-order valence-corrected chi connectivity index (χ4v) is 3.85. The van der Waals surface area contributed by atoms with Crippen molar-refractivity contribution < 1.29 is 4.74 Å². The van der Waals surface area contributed by atoms with Gasteiger partial charge in [0.1, 0.15) is 5.75 Å². The number of methoxy groups -OCH3 is 1. The Labute approximate surface area is 110 Å². The molecule has 2 nitrogen and oxygen atoms in total. The van der Waals surface area contributed by atoms with E-state index in [0.717, 1.165) is 17.7 Å². The summed E-state index contributed by atoms with van der Waals surface area (Å²) in [4.78, 5) is 2.68. The topological polar surface area (TPSA) is 12.5 Å². The first-order chi connectivity index (χ1) is 8.83. The molecule has 0 unspecified atom stereocenters. The average Bonchev–Trinajstić information content (AvgIpc) is 2.43. The largest absolute Gasteiger partial charge is 0.496 e. The molecule has 0 amide bonds. The normalized spacial score (nSPS) is 27.4. The van der Waals surface area contributed by atoms with Crippen LogP contribution in [-0.2, 0) is 12.8 Å². The van der Waals surface area contributed by atoms with Crippen molar-refractivity contribution >= 4 is 0 Å². The van der Waals surface area contributed by atoms with E-state index in [1.165, 1.54) is 49.9 Å². The fraction of sp³-hybridized carbons (Fsp3) is 0.625. The Morgan fingerprint density at radius 1 is 1.33 bits per heavy atom. The van der Waals surface area contributed by atoms with Gasteiger partial charge in [-0.05, 0) is 61.9 Å². The zero-order valence-electron chi connectivity index (χ0n) is 11.5. The van der Waals surface area contributed by atoms with E-state index in [4.69, 9.17) is 4.74 Å². The number of piperidine rings is 1. The summed E-state index contributed by atoms with van der Waals surface area (Å²) in [7, 11) is 1.79. The lowest BCUT2D eigenvalue weighted by Gasteiger charge is -2.44. The lowest BCUT2D eigenvalue weighted by molar-refractivity contribution is 0.0903. The second kappa shape index (κ2) is 4.93. The standard InChI is InChI=1S/C16H23NO/c1-3-17-9-5-7-13-10-14-12(11-15(13)17)6-4-8-16(14)18-2/h4,6,8,13,15H,3,5,7,9-11H2,1-2H3/t13-,15-/m0/s1. The van der Waals surface area contributed by atoms with Crippen LogP contribution in [0.3, 0.4) is 0 Å². The molecule has 1 aromatic rings. The Kier molecular flexibility index (Phi) is 3.29. The molecule has 18 heavy (non-hydrogen) atoms. The van der Waals surface area contributed by atoms with Crippen molar-refractivity contribution in [3.05, 3.63) is 29.3 Å². The fourth-order valence-electron chi connectivity index (χ4n) is 3.85. The lowest BCUT2D eigenvalue weighted by Crippen LogP contribution is -2.49. The van der Waals surface area contributed by atoms with Gasteiger partial charge in [-0.15, -0.1) is 0 Å². The first-order valence-corrected chi connectivity index (χ1v) is 7.22. The monoisotopic (exact) mass is 245 g/mol. The number of likely N-dealkylation sites (N-methyl/N-ethyl adjacent to an activating group) is 1. The third-order valence-corrected chi connectivity index (χ3v) is 4.78. The molecule has 2 atom stereocenters. The van der Waals surface area contributed by atoms with E-state index in [2.05, 4.69) is 30.0 Å². The Hall–Kier alpha value is -1.02. The number of nitrogens with zero attached hydrogens (tertiary/aromatic N) is 1. The van der Waals surface area contributed by atoms with E-state index in [1.807, 2.05) is 0 Å². The third-order valence-electron chi connectivity index (χ3n) is 4.78. The Bertz CT molecular complexity index is 429. The van der Waals surface area contributed by atoms with Gasteiger partial charge in [0.2, 0.25) is 0 Å². The van der Waals surface area contributed by atoms with Crippen LogP contribution in [0.2, 0.25) is 0 Å². The zero-order valence-corrected chi connectivity index (χ0v) is 11.5. The molecule has 1 fully saturated rings. The van der Waals surface area contributed by atoms with Crippen LogP contribution in [0.15, 0.2) is 18.2 Å². The van der Waals surface area contributed by atoms with E-state index in [-0.39, 0.29) is 0 Å². The number of ether oxygens (including phenoxy) is 1. The molecule has 3 rings (SSSR count). The second-order valence-corrected chi connectivity index (χ2v) is 5.60. The van der Waals surface area contributed by atoms with Crippen LogP contribution in [0.5, 0.6) is 5.75 Å². The summed E-state index contributed by atoms with van der Waals surface area (Å²) in [6, 6.07) is 7.30. The smallest absolute Gasteiger partial charge is 0.122 e. The van der Waals surface area contributed by atoms with Gasteiger partial charge in [0.05, 0.1) is 7.11 Å². The van der Waals surface area contributed by atoms with Crippen molar-refractivity contribution in [3.63, 3.8) is 0 Å². The zero-order chi connectivity index (χ0) is 12.5. The van der Waals surface area contributed by atoms with Crippen LogP contribution in [0.25, 0.3) is 0 Å². The molecule has 1 aromatic carbocycles. The minimum Gasteiger partial charge on any atom is -0.496 e. The molecule has 0 saturated carbocycles. The molecule has 1 aliphatic carbocycles. The van der Waals surface area contributed by atoms with Crippen LogP contribution in [-0.4, -0.2) is 31.1 Å². The lowest BCUT2D eigenvalue weighted by atomic mass is 9.75. The summed E-state index contributed by atoms with van der Waals surface area (Å²) in [5.74, 6) is 1.93. The van der Waals surface area contributed by atoms with Gasteiger partial charge in [-0.2, -0.15) is 0 Å². The van der Waals surface area contributed by atoms with Gasteiger partial charge in [0.15, 0.2) is 0 Å². The minimum atomic E-state index is 0.767. The number of hydrogen-bond donors (Lipinski definition) is 0. The van der Waals surface area contributed by atoms with Crippen molar-refractivity contribution in [2.24, 2.45) is 5.92 Å². The van der Waals surface area contributed by atoms with Crippen molar-refractivity contribution in [2.45, 2.75) is 38.6 Å². The Balaban J connectivity index is 1.93. The van der Waals surface area contributed by atoms with Crippen molar-refractivity contribution in [1.82, 2.24) is 4.90 Å². The summed E-state index contributed by atoms with van der Waals surface area (Å²) >= 11 is 0. The van der Waals surface area contributed by atoms with Gasteiger partial charge in [0, 0.05) is 6.04 Å². The van der Waals surface area contributed by atoms with Crippen molar-refractivity contribution in [2.75, 3.05) is 20.2 Å². The SMILES string of the molecule is CCN1CCC[C@H]2Cc3c(cccc3OC)C[C@@H]21. The maximum absolute atomic E-state index is 5.53. The molecule has 0 radical (unpaired) electrons. The predicted molar refractivity (Wildman–Crippen MR) is 74.2 cm³/mol. The number of benzene rings is 1. The predicted octanol–water partition coefficient (Wildman–Crippen LogP) is 2.89. The van der Waals surface area contributed by atoms with Crippen LogP contribution < -0.4 is 4.74 Å². The highest BCUT2D eigenvalue weighted by atomic mass is 16.5. The summed E-state index contributed by atoms with van der Waals surface area (Å²) in [5, 5.41) is 0. The molecule has 1 saturated heterocycles. The molecule has 1 aliphatic heterocycles. The molecule has 2 aliphatic rings. The van der Waals surface area contributed by atoms with Crippen molar-refractivity contribution in [3.8, 4) is 5.75 Å². The van der Waals surface area contributed by atoms with Gasteiger partial charge in [-0.3, -0.25) is 0 Å². The Morgan fingerprint density at radius 2 is 2.22 bits per heavy atom. The van der Waals surface area contributed by atoms with E-state index < -0.39 is 0 Å². The van der Waals surface area contributed by atoms with Crippen LogP contribution in [0.4, 0.5) is 0 Å². The first-order valence-electron chi connectivity index (χ1n) is 7.22. The van der Waals surface area contributed by atoms with E-state index in [1.54, 1.807) is 7.11 Å². The van der Waals surface area contributed by atoms with Gasteiger partial charge < -0.3 is 9.64 Å². The van der Waals surface area contributed by atoms with Crippen LogP contribution in [0.1, 0.15) is 30.9 Å². The van der Waals surface area contributed by atoms with Gasteiger partial charge in [-0.1, -0.05) is 19.1 Å². The second-order valence-electron chi connectivity index (χ2n) is 5.60. The third kappa shape index (κ3) is 1.93. The average molecular weight is 245 g/mol. The molecule has 2 heteroatoms. The van der Waals surface area contributed by atoms with E-state index in [9.17, 15) is 0 Å².